The van der Waals surface area contributed by atoms with Gasteiger partial charge in [0.25, 0.3) is 0 Å². The lowest BCUT2D eigenvalue weighted by Crippen LogP contribution is -2.09. The van der Waals surface area contributed by atoms with Crippen molar-refractivity contribution in [1.29, 1.82) is 0 Å². The first-order valence-corrected chi connectivity index (χ1v) is 8.62. The van der Waals surface area contributed by atoms with Gasteiger partial charge in [0.1, 0.15) is 11.5 Å². The minimum atomic E-state index is 0.311. The summed E-state index contributed by atoms with van der Waals surface area (Å²) in [5.74, 6) is 1.76. The summed E-state index contributed by atoms with van der Waals surface area (Å²) in [7, 11) is 0. The normalized spacial score (nSPS) is 11.3. The molecule has 0 aliphatic heterocycles. The maximum Gasteiger partial charge on any atom is 0.121 e. The standard InChI is InChI=1S/C21H29NO2/c1-21(2,3)16-17-9-11-19(12-10-17)23-13-4-5-14-24-20-8-6-7-18(22)15-20/h6-12,15H,4-5,13-14,16,22H2,1-3H3. The summed E-state index contributed by atoms with van der Waals surface area (Å²) < 4.78 is 11.5. The maximum atomic E-state index is 5.79. The summed E-state index contributed by atoms with van der Waals surface area (Å²) in [4.78, 5) is 0. The van der Waals surface area contributed by atoms with Gasteiger partial charge in [-0.3, -0.25) is 0 Å². The number of nitrogen functional groups attached to an aromatic ring is 1. The van der Waals surface area contributed by atoms with Crippen molar-refractivity contribution >= 4 is 5.69 Å². The average molecular weight is 327 g/mol. The molecule has 24 heavy (non-hydrogen) atoms. The van der Waals surface area contributed by atoms with E-state index in [9.17, 15) is 0 Å². The third-order valence-corrected chi connectivity index (χ3v) is 3.59. The molecule has 0 heterocycles. The van der Waals surface area contributed by atoms with Crippen LogP contribution < -0.4 is 15.2 Å². The van der Waals surface area contributed by atoms with Crippen LogP contribution >= 0.6 is 0 Å². The molecular formula is C21H29NO2. The molecule has 0 aliphatic rings. The minimum Gasteiger partial charge on any atom is -0.494 e. The van der Waals surface area contributed by atoms with Crippen LogP contribution in [-0.4, -0.2) is 13.2 Å². The molecule has 0 fully saturated rings. The van der Waals surface area contributed by atoms with Crippen molar-refractivity contribution < 1.29 is 9.47 Å². The number of hydrogen-bond donors (Lipinski definition) is 1. The Morgan fingerprint density at radius 1 is 0.833 bits per heavy atom. The first-order valence-electron chi connectivity index (χ1n) is 8.62. The Hall–Kier alpha value is -2.16. The zero-order chi connectivity index (χ0) is 17.4. The number of anilines is 1. The number of hydrogen-bond acceptors (Lipinski definition) is 3. The zero-order valence-corrected chi connectivity index (χ0v) is 15.0. The number of benzene rings is 2. The maximum absolute atomic E-state index is 5.79. The summed E-state index contributed by atoms with van der Waals surface area (Å²) in [6.07, 6.45) is 3.00. The van der Waals surface area contributed by atoms with Gasteiger partial charge in [-0.2, -0.15) is 0 Å². The summed E-state index contributed by atoms with van der Waals surface area (Å²) in [6, 6.07) is 16.0. The second-order valence-corrected chi connectivity index (χ2v) is 7.36. The minimum absolute atomic E-state index is 0.311. The Bertz CT molecular complexity index is 614. The van der Waals surface area contributed by atoms with Gasteiger partial charge in [0, 0.05) is 11.8 Å². The molecule has 0 aromatic heterocycles. The molecule has 0 bridgehead atoms. The van der Waals surface area contributed by atoms with Gasteiger partial charge in [-0.25, -0.2) is 0 Å². The molecule has 2 aromatic rings. The topological polar surface area (TPSA) is 44.5 Å². The van der Waals surface area contributed by atoms with E-state index in [0.29, 0.717) is 18.6 Å². The third-order valence-electron chi connectivity index (χ3n) is 3.59. The second-order valence-electron chi connectivity index (χ2n) is 7.36. The average Bonchev–Trinajstić information content (AvgIpc) is 2.51. The van der Waals surface area contributed by atoms with Gasteiger partial charge in [-0.15, -0.1) is 0 Å². The van der Waals surface area contributed by atoms with Crippen molar-refractivity contribution in [2.24, 2.45) is 5.41 Å². The van der Waals surface area contributed by atoms with Gasteiger partial charge in [0.2, 0.25) is 0 Å². The molecule has 2 rings (SSSR count). The van der Waals surface area contributed by atoms with Gasteiger partial charge >= 0.3 is 0 Å². The third kappa shape index (κ3) is 6.95. The molecule has 0 saturated heterocycles. The molecule has 0 atom stereocenters. The summed E-state index contributed by atoms with van der Waals surface area (Å²) in [5.41, 5.74) is 8.11. The SMILES string of the molecule is CC(C)(C)Cc1ccc(OCCCCOc2cccc(N)c2)cc1. The fourth-order valence-electron chi connectivity index (χ4n) is 2.50. The van der Waals surface area contributed by atoms with Crippen molar-refractivity contribution in [2.75, 3.05) is 18.9 Å². The van der Waals surface area contributed by atoms with Crippen LogP contribution in [0.5, 0.6) is 11.5 Å². The number of nitrogens with two attached hydrogens (primary N) is 1. The lowest BCUT2D eigenvalue weighted by atomic mass is 9.88. The van der Waals surface area contributed by atoms with Gasteiger partial charge in [-0.1, -0.05) is 39.0 Å². The van der Waals surface area contributed by atoms with Crippen LogP contribution in [0.15, 0.2) is 48.5 Å². The summed E-state index contributed by atoms with van der Waals surface area (Å²) in [5, 5.41) is 0. The Morgan fingerprint density at radius 2 is 1.46 bits per heavy atom. The molecule has 0 unspecified atom stereocenters. The molecule has 3 heteroatoms. The molecule has 0 spiro atoms. The van der Waals surface area contributed by atoms with Gasteiger partial charge in [0.15, 0.2) is 0 Å². The largest absolute Gasteiger partial charge is 0.494 e. The highest BCUT2D eigenvalue weighted by Gasteiger charge is 2.10. The smallest absolute Gasteiger partial charge is 0.121 e. The molecule has 2 N–H and O–H groups in total. The Balaban J connectivity index is 1.62. The Morgan fingerprint density at radius 3 is 2.04 bits per heavy atom. The molecule has 2 aromatic carbocycles. The predicted molar refractivity (Wildman–Crippen MR) is 101 cm³/mol. The van der Waals surface area contributed by atoms with Crippen molar-refractivity contribution in [3.05, 3.63) is 54.1 Å². The van der Waals surface area contributed by atoms with Crippen molar-refractivity contribution in [3.8, 4) is 11.5 Å². The Labute approximate surface area is 145 Å². The van der Waals surface area contributed by atoms with Crippen LogP contribution in [0.3, 0.4) is 0 Å². The molecule has 0 amide bonds. The van der Waals surface area contributed by atoms with Crippen molar-refractivity contribution in [2.45, 2.75) is 40.0 Å². The van der Waals surface area contributed by atoms with Crippen molar-refractivity contribution in [1.82, 2.24) is 0 Å². The van der Waals surface area contributed by atoms with E-state index in [4.69, 9.17) is 15.2 Å². The first-order chi connectivity index (χ1) is 11.4. The van der Waals surface area contributed by atoms with E-state index < -0.39 is 0 Å². The highest BCUT2D eigenvalue weighted by Crippen LogP contribution is 2.22. The summed E-state index contributed by atoms with van der Waals surface area (Å²) in [6.45, 7) is 8.14. The lowest BCUT2D eigenvalue weighted by molar-refractivity contribution is 0.266. The molecular weight excluding hydrogens is 298 g/mol. The lowest BCUT2D eigenvalue weighted by Gasteiger charge is -2.18. The van der Waals surface area contributed by atoms with Gasteiger partial charge in [0.05, 0.1) is 13.2 Å². The van der Waals surface area contributed by atoms with E-state index >= 15 is 0 Å². The van der Waals surface area contributed by atoms with Crippen LogP contribution in [-0.2, 0) is 6.42 Å². The first kappa shape index (κ1) is 18.2. The molecule has 3 nitrogen and oxygen atoms in total. The summed E-state index contributed by atoms with van der Waals surface area (Å²) >= 11 is 0. The van der Waals surface area contributed by atoms with E-state index in [1.165, 1.54) is 5.56 Å². The Kier molecular flexibility index (Phi) is 6.53. The fraction of sp³-hybridized carbons (Fsp3) is 0.429. The van der Waals surface area contributed by atoms with E-state index in [0.717, 1.165) is 36.4 Å². The van der Waals surface area contributed by atoms with Crippen LogP contribution in [0.4, 0.5) is 5.69 Å². The van der Waals surface area contributed by atoms with E-state index in [1.54, 1.807) is 0 Å². The van der Waals surface area contributed by atoms with Crippen LogP contribution in [0.1, 0.15) is 39.2 Å². The molecule has 130 valence electrons. The highest BCUT2D eigenvalue weighted by molar-refractivity contribution is 5.43. The second kappa shape index (κ2) is 8.62. The molecule has 0 aliphatic carbocycles. The highest BCUT2D eigenvalue weighted by atomic mass is 16.5. The van der Waals surface area contributed by atoms with Crippen molar-refractivity contribution in [3.63, 3.8) is 0 Å². The van der Waals surface area contributed by atoms with E-state index in [1.807, 2.05) is 24.3 Å². The molecule has 0 saturated carbocycles. The van der Waals surface area contributed by atoms with Crippen LogP contribution in [0, 0.1) is 5.41 Å². The number of unbranched alkanes of at least 4 members (excludes halogenated alkanes) is 1. The number of ether oxygens (including phenoxy) is 2. The van der Waals surface area contributed by atoms with Gasteiger partial charge < -0.3 is 15.2 Å². The quantitative estimate of drug-likeness (QED) is 0.542. The predicted octanol–water partition coefficient (Wildman–Crippen LogP) is 5.10. The van der Waals surface area contributed by atoms with E-state index in [2.05, 4.69) is 45.0 Å². The monoisotopic (exact) mass is 327 g/mol. The van der Waals surface area contributed by atoms with Crippen LogP contribution in [0.25, 0.3) is 0 Å². The zero-order valence-electron chi connectivity index (χ0n) is 15.0. The van der Waals surface area contributed by atoms with E-state index in [-0.39, 0.29) is 0 Å². The van der Waals surface area contributed by atoms with Crippen LogP contribution in [0.2, 0.25) is 0 Å². The number of rotatable bonds is 8. The molecule has 0 radical (unpaired) electrons. The van der Waals surface area contributed by atoms with Gasteiger partial charge in [-0.05, 0) is 54.5 Å². The fourth-order valence-corrected chi connectivity index (χ4v) is 2.50.